The summed E-state index contributed by atoms with van der Waals surface area (Å²) in [6.45, 7) is 11.0. The standard InChI is InChI=1S/C21H31N5O.C2HF3O2/c1-2-18-12-19-20(24-21(18)27)11-17(13-23-19)15-26-9-7-25(8-10-26)14-16-3-5-22-6-4-16;3-2(4,5)1(6)7/h11-13,16,22H,2-10,14-15H2,1H3,(H,24,27);(H,6,7). The number of carbonyl (C=O) groups is 1. The molecule has 2 aliphatic rings. The van der Waals surface area contributed by atoms with Crippen LogP contribution in [0.25, 0.3) is 11.0 Å². The van der Waals surface area contributed by atoms with E-state index in [1.165, 1.54) is 38.0 Å². The van der Waals surface area contributed by atoms with Crippen molar-refractivity contribution in [1.82, 2.24) is 25.1 Å². The maximum atomic E-state index is 12.1. The van der Waals surface area contributed by atoms with E-state index < -0.39 is 12.1 Å². The molecule has 0 bridgehead atoms. The summed E-state index contributed by atoms with van der Waals surface area (Å²) in [5, 5.41) is 10.6. The second kappa shape index (κ2) is 11.8. The molecule has 4 heterocycles. The second-order valence-electron chi connectivity index (χ2n) is 8.83. The molecule has 0 amide bonds. The van der Waals surface area contributed by atoms with Gasteiger partial charge >= 0.3 is 12.1 Å². The van der Waals surface area contributed by atoms with E-state index in [4.69, 9.17) is 9.90 Å². The Bertz CT molecular complexity index is 1010. The fourth-order valence-corrected chi connectivity index (χ4v) is 4.33. The van der Waals surface area contributed by atoms with Gasteiger partial charge in [0.1, 0.15) is 0 Å². The van der Waals surface area contributed by atoms with E-state index in [9.17, 15) is 18.0 Å². The van der Waals surface area contributed by atoms with Crippen LogP contribution in [-0.4, -0.2) is 82.8 Å². The van der Waals surface area contributed by atoms with Crippen molar-refractivity contribution in [2.75, 3.05) is 45.8 Å². The number of fused-ring (bicyclic) bond motifs is 1. The van der Waals surface area contributed by atoms with Crippen LogP contribution >= 0.6 is 0 Å². The van der Waals surface area contributed by atoms with Crippen molar-refractivity contribution in [3.8, 4) is 0 Å². The zero-order chi connectivity index (χ0) is 24.7. The third kappa shape index (κ3) is 7.51. The number of pyridine rings is 2. The van der Waals surface area contributed by atoms with E-state index in [2.05, 4.69) is 31.2 Å². The fourth-order valence-electron chi connectivity index (χ4n) is 4.33. The molecule has 3 N–H and O–H groups in total. The van der Waals surface area contributed by atoms with Gasteiger partial charge in [-0.2, -0.15) is 13.2 Å². The number of piperazine rings is 1. The minimum Gasteiger partial charge on any atom is -0.475 e. The molecule has 8 nitrogen and oxygen atoms in total. The number of rotatable bonds is 5. The summed E-state index contributed by atoms with van der Waals surface area (Å²) in [6.07, 6.45) is 0.250. The second-order valence-corrected chi connectivity index (χ2v) is 8.83. The van der Waals surface area contributed by atoms with Crippen molar-refractivity contribution in [2.45, 2.75) is 38.9 Å². The van der Waals surface area contributed by atoms with E-state index in [0.717, 1.165) is 61.7 Å². The molecule has 0 aliphatic carbocycles. The van der Waals surface area contributed by atoms with E-state index in [-0.39, 0.29) is 5.56 Å². The SMILES string of the molecule is CCc1cc2ncc(CN3CCN(CC4CCNCC4)CC3)cc2[nH]c1=O.O=C(O)C(F)(F)F. The Balaban J connectivity index is 0.000000406. The first kappa shape index (κ1) is 26.1. The third-order valence-corrected chi connectivity index (χ3v) is 6.30. The molecule has 34 heavy (non-hydrogen) atoms. The number of hydrogen-bond donors (Lipinski definition) is 3. The predicted molar refractivity (Wildman–Crippen MR) is 123 cm³/mol. The molecule has 2 saturated heterocycles. The summed E-state index contributed by atoms with van der Waals surface area (Å²) in [4.78, 5) is 33.7. The number of piperidine rings is 1. The summed E-state index contributed by atoms with van der Waals surface area (Å²) < 4.78 is 31.7. The molecule has 4 rings (SSSR count). The largest absolute Gasteiger partial charge is 0.490 e. The Morgan fingerprint density at radius 1 is 1.15 bits per heavy atom. The van der Waals surface area contributed by atoms with Crippen LogP contribution in [0.4, 0.5) is 13.2 Å². The molecule has 0 saturated carbocycles. The Hall–Kier alpha value is -2.50. The molecule has 0 unspecified atom stereocenters. The minimum absolute atomic E-state index is 0.00970. The van der Waals surface area contributed by atoms with Crippen molar-refractivity contribution in [2.24, 2.45) is 5.92 Å². The highest BCUT2D eigenvalue weighted by Crippen LogP contribution is 2.17. The number of carboxylic acids is 1. The van der Waals surface area contributed by atoms with E-state index in [1.54, 1.807) is 0 Å². The third-order valence-electron chi connectivity index (χ3n) is 6.30. The normalized spacial score (nSPS) is 18.5. The summed E-state index contributed by atoms with van der Waals surface area (Å²) in [6, 6.07) is 4.00. The molecule has 0 spiro atoms. The van der Waals surface area contributed by atoms with Gasteiger partial charge in [0, 0.05) is 51.0 Å². The van der Waals surface area contributed by atoms with Gasteiger partial charge in [-0.05, 0) is 56.0 Å². The minimum atomic E-state index is -5.08. The van der Waals surface area contributed by atoms with Gasteiger partial charge in [-0.25, -0.2) is 4.79 Å². The Kier molecular flexibility index (Phi) is 9.03. The summed E-state index contributed by atoms with van der Waals surface area (Å²) in [7, 11) is 0. The first-order valence-electron chi connectivity index (χ1n) is 11.6. The topological polar surface area (TPSA) is 102 Å². The van der Waals surface area contributed by atoms with Crippen LogP contribution in [0.5, 0.6) is 0 Å². The van der Waals surface area contributed by atoms with Crippen LogP contribution in [0, 0.1) is 5.92 Å². The number of aryl methyl sites for hydroxylation is 1. The number of aliphatic carboxylic acids is 1. The van der Waals surface area contributed by atoms with Gasteiger partial charge in [0.15, 0.2) is 0 Å². The van der Waals surface area contributed by atoms with Gasteiger partial charge in [-0.3, -0.25) is 14.7 Å². The lowest BCUT2D eigenvalue weighted by Gasteiger charge is -2.37. The van der Waals surface area contributed by atoms with Crippen LogP contribution in [-0.2, 0) is 17.8 Å². The zero-order valence-electron chi connectivity index (χ0n) is 19.3. The highest BCUT2D eigenvalue weighted by atomic mass is 19.4. The van der Waals surface area contributed by atoms with Crippen LogP contribution in [0.2, 0.25) is 0 Å². The van der Waals surface area contributed by atoms with Crippen molar-refractivity contribution >= 4 is 17.0 Å². The number of aromatic amines is 1. The zero-order valence-corrected chi connectivity index (χ0v) is 19.3. The fraction of sp³-hybridized carbons (Fsp3) is 0.609. The molecular weight excluding hydrogens is 451 g/mol. The lowest BCUT2D eigenvalue weighted by Crippen LogP contribution is -2.48. The average molecular weight is 484 g/mol. The maximum Gasteiger partial charge on any atom is 0.490 e. The summed E-state index contributed by atoms with van der Waals surface area (Å²) in [5.74, 6) is -1.89. The average Bonchev–Trinajstić information content (AvgIpc) is 2.80. The Morgan fingerprint density at radius 2 is 1.76 bits per heavy atom. The highest BCUT2D eigenvalue weighted by Gasteiger charge is 2.38. The monoisotopic (exact) mass is 483 g/mol. The van der Waals surface area contributed by atoms with E-state index >= 15 is 0 Å². The molecule has 188 valence electrons. The highest BCUT2D eigenvalue weighted by molar-refractivity contribution is 5.75. The molecule has 0 aromatic carbocycles. The first-order valence-corrected chi connectivity index (χ1v) is 11.6. The van der Waals surface area contributed by atoms with E-state index in [1.807, 2.05) is 19.2 Å². The van der Waals surface area contributed by atoms with Gasteiger partial charge in [0.2, 0.25) is 0 Å². The number of H-pyrrole nitrogens is 1. The summed E-state index contributed by atoms with van der Waals surface area (Å²) >= 11 is 0. The van der Waals surface area contributed by atoms with Crippen molar-refractivity contribution in [3.63, 3.8) is 0 Å². The number of nitrogens with zero attached hydrogens (tertiary/aromatic N) is 3. The molecule has 0 radical (unpaired) electrons. The van der Waals surface area contributed by atoms with Crippen LogP contribution in [0.1, 0.15) is 30.9 Å². The van der Waals surface area contributed by atoms with Gasteiger partial charge in [-0.15, -0.1) is 0 Å². The van der Waals surface area contributed by atoms with E-state index in [0.29, 0.717) is 0 Å². The molecule has 2 aromatic heterocycles. The molecule has 2 aliphatic heterocycles. The van der Waals surface area contributed by atoms with Crippen LogP contribution in [0.3, 0.4) is 0 Å². The number of carboxylic acid groups (broad SMARTS) is 1. The number of aromatic nitrogens is 2. The molecule has 2 fully saturated rings. The number of alkyl halides is 3. The first-order chi connectivity index (χ1) is 16.2. The maximum absolute atomic E-state index is 12.1. The predicted octanol–water partition coefficient (Wildman–Crippen LogP) is 2.24. The van der Waals surface area contributed by atoms with Gasteiger partial charge in [0.25, 0.3) is 5.56 Å². The van der Waals surface area contributed by atoms with Gasteiger partial charge in [0.05, 0.1) is 11.0 Å². The van der Waals surface area contributed by atoms with Crippen molar-refractivity contribution in [3.05, 3.63) is 39.8 Å². The molecule has 2 aromatic rings. The smallest absolute Gasteiger partial charge is 0.475 e. The molecule has 11 heteroatoms. The van der Waals surface area contributed by atoms with Gasteiger partial charge in [-0.1, -0.05) is 6.92 Å². The van der Waals surface area contributed by atoms with Crippen LogP contribution < -0.4 is 10.9 Å². The van der Waals surface area contributed by atoms with Crippen molar-refractivity contribution < 1.29 is 23.1 Å². The Labute approximate surface area is 196 Å². The molecule has 0 atom stereocenters. The number of hydrogen-bond acceptors (Lipinski definition) is 6. The molecular formula is C23H32F3N5O3. The van der Waals surface area contributed by atoms with Crippen LogP contribution in [0.15, 0.2) is 23.1 Å². The summed E-state index contributed by atoms with van der Waals surface area (Å²) in [5.41, 5.74) is 3.71. The number of nitrogens with one attached hydrogen (secondary N) is 2. The Morgan fingerprint density at radius 3 is 2.35 bits per heavy atom. The lowest BCUT2D eigenvalue weighted by atomic mass is 9.97. The lowest BCUT2D eigenvalue weighted by molar-refractivity contribution is -0.192. The quantitative estimate of drug-likeness (QED) is 0.600. The van der Waals surface area contributed by atoms with Gasteiger partial charge < -0.3 is 20.3 Å². The van der Waals surface area contributed by atoms with Crippen molar-refractivity contribution in [1.29, 1.82) is 0 Å². The number of halogens is 3.